The van der Waals surface area contributed by atoms with Crippen LogP contribution in [0, 0.1) is 13.8 Å². The van der Waals surface area contributed by atoms with Gasteiger partial charge in [0.25, 0.3) is 0 Å². The molecule has 0 aliphatic rings. The van der Waals surface area contributed by atoms with Gasteiger partial charge in [-0.2, -0.15) is 0 Å². The Morgan fingerprint density at radius 1 is 0.471 bits per heavy atom. The van der Waals surface area contributed by atoms with E-state index < -0.39 is 12.2 Å². The number of aliphatic hydroxyl groups excluding tert-OH is 2. The summed E-state index contributed by atoms with van der Waals surface area (Å²) in [5.41, 5.74) is 8.16. The predicted molar refractivity (Wildman–Crippen MR) is 147 cm³/mol. The summed E-state index contributed by atoms with van der Waals surface area (Å²) in [6.07, 6.45) is -2.02. The van der Waals surface area contributed by atoms with E-state index in [0.717, 1.165) is 33.4 Å². The molecule has 0 saturated carbocycles. The van der Waals surface area contributed by atoms with Gasteiger partial charge >= 0.3 is 0 Å². The van der Waals surface area contributed by atoms with Crippen LogP contribution in [0.15, 0.2) is 24.3 Å². The molecule has 2 heteroatoms. The molecule has 0 fully saturated rings. The largest absolute Gasteiger partial charge is 0.385 e. The summed E-state index contributed by atoms with van der Waals surface area (Å²) in [5, 5.41) is 23.5. The lowest BCUT2D eigenvalue weighted by atomic mass is 9.72. The number of hydrogen-bond donors (Lipinski definition) is 2. The van der Waals surface area contributed by atoms with Crippen LogP contribution in [0.25, 0.3) is 0 Å². The van der Waals surface area contributed by atoms with E-state index in [1.54, 1.807) is 0 Å². The first-order valence-electron chi connectivity index (χ1n) is 12.7. The smallest absolute Gasteiger partial charge is 0.110 e. The summed E-state index contributed by atoms with van der Waals surface area (Å²) in [7, 11) is 0. The lowest BCUT2D eigenvalue weighted by Gasteiger charge is -2.35. The Bertz CT molecular complexity index is 946. The van der Waals surface area contributed by atoms with Crippen LogP contribution < -0.4 is 0 Å². The number of aliphatic hydroxyl groups is 2. The van der Waals surface area contributed by atoms with Gasteiger partial charge in [-0.1, -0.05) is 107 Å². The van der Waals surface area contributed by atoms with Gasteiger partial charge in [0.2, 0.25) is 0 Å². The van der Waals surface area contributed by atoms with Crippen molar-refractivity contribution in [3.05, 3.63) is 68.8 Å². The van der Waals surface area contributed by atoms with E-state index in [0.29, 0.717) is 0 Å². The molecule has 0 spiro atoms. The fourth-order valence-corrected chi connectivity index (χ4v) is 4.80. The van der Waals surface area contributed by atoms with Crippen molar-refractivity contribution in [2.24, 2.45) is 0 Å². The van der Waals surface area contributed by atoms with Crippen molar-refractivity contribution in [2.45, 2.75) is 131 Å². The van der Waals surface area contributed by atoms with Gasteiger partial charge in [0.05, 0.1) is 0 Å². The van der Waals surface area contributed by atoms with Crippen molar-refractivity contribution in [1.29, 1.82) is 0 Å². The Morgan fingerprint density at radius 2 is 0.735 bits per heavy atom. The van der Waals surface area contributed by atoms with E-state index in [-0.39, 0.29) is 21.7 Å². The second kappa shape index (κ2) is 9.10. The lowest BCUT2D eigenvalue weighted by molar-refractivity contribution is 0.0144. The van der Waals surface area contributed by atoms with Crippen molar-refractivity contribution < 1.29 is 10.2 Å². The molecule has 2 aromatic rings. The van der Waals surface area contributed by atoms with Crippen molar-refractivity contribution >= 4 is 0 Å². The fraction of sp³-hybridized carbons (Fsp3) is 0.625. The van der Waals surface area contributed by atoms with Crippen LogP contribution in [0.2, 0.25) is 0 Å². The summed E-state index contributed by atoms with van der Waals surface area (Å²) < 4.78 is 0. The molecule has 0 saturated heterocycles. The molecular formula is C32H50O2. The SMILES string of the molecule is Cc1cc(C(C)(C)C)cc(C(C)(C)C)c1C(O)C(O)c1c(C)cc(C(C)(C)C)cc1C(C)(C)C. The lowest BCUT2D eigenvalue weighted by Crippen LogP contribution is -2.26. The van der Waals surface area contributed by atoms with Crippen LogP contribution in [0.4, 0.5) is 0 Å². The highest BCUT2D eigenvalue weighted by Crippen LogP contribution is 2.44. The second-order valence-electron chi connectivity index (χ2n) is 14.4. The number of benzene rings is 2. The Balaban J connectivity index is 2.79. The van der Waals surface area contributed by atoms with Crippen molar-refractivity contribution in [2.75, 3.05) is 0 Å². The molecule has 0 bridgehead atoms. The fourth-order valence-electron chi connectivity index (χ4n) is 4.80. The molecule has 190 valence electrons. The Labute approximate surface area is 209 Å². The van der Waals surface area contributed by atoms with Gasteiger partial charge in [-0.05, 0) is 80.0 Å². The quantitative estimate of drug-likeness (QED) is 0.478. The van der Waals surface area contributed by atoms with Gasteiger partial charge in [0.1, 0.15) is 12.2 Å². The molecule has 0 radical (unpaired) electrons. The maximum atomic E-state index is 11.8. The average molecular weight is 467 g/mol. The Morgan fingerprint density at radius 3 is 0.941 bits per heavy atom. The number of hydrogen-bond acceptors (Lipinski definition) is 2. The van der Waals surface area contributed by atoms with E-state index in [1.807, 2.05) is 0 Å². The first kappa shape index (κ1) is 28.6. The molecule has 2 rings (SSSR count). The van der Waals surface area contributed by atoms with Gasteiger partial charge in [-0.15, -0.1) is 0 Å². The number of aryl methyl sites for hydroxylation is 2. The zero-order valence-electron chi connectivity index (χ0n) is 24.4. The van der Waals surface area contributed by atoms with E-state index >= 15 is 0 Å². The van der Waals surface area contributed by atoms with Gasteiger partial charge in [0.15, 0.2) is 0 Å². The molecule has 34 heavy (non-hydrogen) atoms. The summed E-state index contributed by atoms with van der Waals surface area (Å²) in [6.45, 7) is 30.5. The zero-order valence-corrected chi connectivity index (χ0v) is 24.4. The summed E-state index contributed by atoms with van der Waals surface area (Å²) in [6, 6.07) is 8.83. The maximum absolute atomic E-state index is 11.8. The molecule has 2 aromatic carbocycles. The molecule has 2 nitrogen and oxygen atoms in total. The van der Waals surface area contributed by atoms with Crippen LogP contribution in [0.1, 0.15) is 140 Å². The van der Waals surface area contributed by atoms with Crippen LogP contribution in [0.5, 0.6) is 0 Å². The molecule has 0 aliphatic carbocycles. The third-order valence-corrected chi connectivity index (χ3v) is 7.01. The van der Waals surface area contributed by atoms with Gasteiger partial charge in [-0.3, -0.25) is 0 Å². The minimum Gasteiger partial charge on any atom is -0.385 e. The average Bonchev–Trinajstić information content (AvgIpc) is 2.62. The minimum atomic E-state index is -1.01. The molecule has 2 atom stereocenters. The normalized spacial score (nSPS) is 15.4. The van der Waals surface area contributed by atoms with Crippen LogP contribution >= 0.6 is 0 Å². The highest BCUT2D eigenvalue weighted by atomic mass is 16.3. The minimum absolute atomic E-state index is 0.00559. The molecule has 0 aromatic heterocycles. The molecule has 2 N–H and O–H groups in total. The highest BCUT2D eigenvalue weighted by Gasteiger charge is 2.34. The second-order valence-corrected chi connectivity index (χ2v) is 14.4. The standard InChI is InChI=1S/C32H50O2/c1-19-15-21(29(3,4)5)17-23(31(9,10)11)25(19)27(33)28(34)26-20(2)16-22(30(6,7)8)18-24(26)32(12,13)14/h15-18,27-28,33-34H,1-14H3. The first-order valence-corrected chi connectivity index (χ1v) is 12.7. The van der Waals surface area contributed by atoms with Gasteiger partial charge < -0.3 is 10.2 Å². The third-order valence-electron chi connectivity index (χ3n) is 7.01. The number of rotatable bonds is 3. The molecular weight excluding hydrogens is 416 g/mol. The van der Waals surface area contributed by atoms with Crippen molar-refractivity contribution in [3.63, 3.8) is 0 Å². The molecule has 0 amide bonds. The summed E-state index contributed by atoms with van der Waals surface area (Å²) in [4.78, 5) is 0. The molecule has 2 unspecified atom stereocenters. The summed E-state index contributed by atoms with van der Waals surface area (Å²) in [5.74, 6) is 0. The van der Waals surface area contributed by atoms with Crippen LogP contribution in [-0.4, -0.2) is 10.2 Å². The Hall–Kier alpha value is -1.64. The van der Waals surface area contributed by atoms with E-state index in [9.17, 15) is 10.2 Å². The Kier molecular flexibility index (Phi) is 7.65. The molecule has 0 heterocycles. The van der Waals surface area contributed by atoms with Crippen molar-refractivity contribution in [1.82, 2.24) is 0 Å². The first-order chi connectivity index (χ1) is 15.1. The van der Waals surface area contributed by atoms with E-state index in [2.05, 4.69) is 121 Å². The van der Waals surface area contributed by atoms with Crippen molar-refractivity contribution in [3.8, 4) is 0 Å². The van der Waals surface area contributed by atoms with E-state index in [1.165, 1.54) is 11.1 Å². The molecule has 0 aliphatic heterocycles. The van der Waals surface area contributed by atoms with Crippen LogP contribution in [0.3, 0.4) is 0 Å². The van der Waals surface area contributed by atoms with Gasteiger partial charge in [-0.25, -0.2) is 0 Å². The topological polar surface area (TPSA) is 40.5 Å². The monoisotopic (exact) mass is 466 g/mol. The maximum Gasteiger partial charge on any atom is 0.110 e. The predicted octanol–water partition coefficient (Wildman–Crippen LogP) is 8.26. The third kappa shape index (κ3) is 5.94. The summed E-state index contributed by atoms with van der Waals surface area (Å²) >= 11 is 0. The van der Waals surface area contributed by atoms with Crippen LogP contribution in [-0.2, 0) is 21.7 Å². The van der Waals surface area contributed by atoms with E-state index in [4.69, 9.17) is 0 Å². The zero-order chi connectivity index (χ0) is 26.6. The highest BCUT2D eigenvalue weighted by molar-refractivity contribution is 5.50. The van der Waals surface area contributed by atoms with Gasteiger partial charge in [0, 0.05) is 0 Å².